The minimum atomic E-state index is -0.274. The van der Waals surface area contributed by atoms with E-state index in [2.05, 4.69) is 4.98 Å². The lowest BCUT2D eigenvalue weighted by Crippen LogP contribution is -2.56. The first-order chi connectivity index (χ1) is 5.77. The van der Waals surface area contributed by atoms with Crippen molar-refractivity contribution < 1.29 is 4.39 Å². The summed E-state index contributed by atoms with van der Waals surface area (Å²) in [6.07, 6.45) is 1.59. The van der Waals surface area contributed by atoms with E-state index in [0.717, 1.165) is 0 Å². The molecule has 1 saturated heterocycles. The molecule has 0 aromatic carbocycles. The molecule has 1 aromatic rings. The van der Waals surface area contributed by atoms with Gasteiger partial charge >= 0.3 is 0 Å². The largest absolute Gasteiger partial charge is 0.351 e. The van der Waals surface area contributed by atoms with Crippen LogP contribution in [0.2, 0.25) is 0 Å². The second-order valence-corrected chi connectivity index (χ2v) is 2.97. The van der Waals surface area contributed by atoms with Gasteiger partial charge in [0.05, 0.1) is 0 Å². The third kappa shape index (κ3) is 1.14. The smallest absolute Gasteiger partial charge is 0.165 e. The van der Waals surface area contributed by atoms with Gasteiger partial charge in [-0.2, -0.15) is 0 Å². The molecule has 0 atom stereocenters. The summed E-state index contributed by atoms with van der Waals surface area (Å²) in [6.45, 7) is 1.40. The average Bonchev–Trinajstić information content (AvgIpc) is 2.01. The molecule has 4 heteroatoms. The Morgan fingerprint density at radius 3 is 2.92 bits per heavy atom. The van der Waals surface area contributed by atoms with Gasteiger partial charge in [-0.1, -0.05) is 0 Å². The van der Waals surface area contributed by atoms with E-state index in [1.54, 1.807) is 12.3 Å². The molecule has 12 heavy (non-hydrogen) atoms. The summed E-state index contributed by atoms with van der Waals surface area (Å²) in [7, 11) is 0. The molecule has 0 spiro atoms. The van der Waals surface area contributed by atoms with Gasteiger partial charge < -0.3 is 10.6 Å². The Kier molecular flexibility index (Phi) is 1.69. The third-order valence-electron chi connectivity index (χ3n) is 1.95. The lowest BCUT2D eigenvalue weighted by Gasteiger charge is -2.37. The molecule has 0 unspecified atom stereocenters. The number of hydrogen-bond acceptors (Lipinski definition) is 3. The standard InChI is InChI=1S/C8H10FN3/c9-7-2-1-3-11-8(7)12-4-6(10)5-12/h1-3,6H,4-5,10H2. The van der Waals surface area contributed by atoms with Crippen LogP contribution in [-0.4, -0.2) is 24.1 Å². The van der Waals surface area contributed by atoms with Gasteiger partial charge in [0, 0.05) is 25.3 Å². The normalized spacial score (nSPS) is 17.7. The fourth-order valence-electron chi connectivity index (χ4n) is 1.30. The number of nitrogens with zero attached hydrogens (tertiary/aromatic N) is 2. The second-order valence-electron chi connectivity index (χ2n) is 2.97. The van der Waals surface area contributed by atoms with E-state index in [1.807, 2.05) is 4.90 Å². The maximum atomic E-state index is 13.0. The first-order valence-electron chi connectivity index (χ1n) is 3.88. The quantitative estimate of drug-likeness (QED) is 0.657. The Morgan fingerprint density at radius 1 is 1.58 bits per heavy atom. The van der Waals surface area contributed by atoms with E-state index < -0.39 is 0 Å². The number of halogens is 1. The summed E-state index contributed by atoms with van der Waals surface area (Å²) >= 11 is 0. The molecule has 0 aliphatic carbocycles. The van der Waals surface area contributed by atoms with Crippen molar-refractivity contribution in [3.8, 4) is 0 Å². The Bertz CT molecular complexity index is 283. The highest BCUT2D eigenvalue weighted by atomic mass is 19.1. The van der Waals surface area contributed by atoms with Crippen molar-refractivity contribution in [1.82, 2.24) is 4.98 Å². The molecule has 1 aliphatic rings. The highest BCUT2D eigenvalue weighted by Gasteiger charge is 2.25. The van der Waals surface area contributed by atoms with Crippen LogP contribution >= 0.6 is 0 Å². The molecule has 64 valence electrons. The SMILES string of the molecule is NC1CN(c2ncccc2F)C1. The molecule has 0 bridgehead atoms. The molecule has 0 radical (unpaired) electrons. The fourth-order valence-corrected chi connectivity index (χ4v) is 1.30. The van der Waals surface area contributed by atoms with Crippen molar-refractivity contribution in [1.29, 1.82) is 0 Å². The average molecular weight is 167 g/mol. The van der Waals surface area contributed by atoms with Crippen LogP contribution in [0.3, 0.4) is 0 Å². The van der Waals surface area contributed by atoms with Crippen molar-refractivity contribution in [3.05, 3.63) is 24.1 Å². The molecule has 1 aromatic heterocycles. The van der Waals surface area contributed by atoms with Gasteiger partial charge in [0.25, 0.3) is 0 Å². The topological polar surface area (TPSA) is 42.1 Å². The number of hydrogen-bond donors (Lipinski definition) is 1. The molecule has 1 fully saturated rings. The van der Waals surface area contributed by atoms with E-state index in [-0.39, 0.29) is 11.9 Å². The number of rotatable bonds is 1. The van der Waals surface area contributed by atoms with Crippen LogP contribution < -0.4 is 10.6 Å². The van der Waals surface area contributed by atoms with Crippen LogP contribution in [0.25, 0.3) is 0 Å². The highest BCUT2D eigenvalue weighted by molar-refractivity contribution is 5.43. The predicted molar refractivity (Wildman–Crippen MR) is 44.4 cm³/mol. The first-order valence-corrected chi connectivity index (χ1v) is 3.88. The molecule has 3 nitrogen and oxygen atoms in total. The molecule has 1 aliphatic heterocycles. The monoisotopic (exact) mass is 167 g/mol. The Labute approximate surface area is 70.0 Å². The zero-order chi connectivity index (χ0) is 8.55. The molecule has 0 amide bonds. The lowest BCUT2D eigenvalue weighted by atomic mass is 10.1. The summed E-state index contributed by atoms with van der Waals surface area (Å²) in [6, 6.07) is 3.16. The minimum absolute atomic E-state index is 0.173. The van der Waals surface area contributed by atoms with Gasteiger partial charge in [-0.3, -0.25) is 0 Å². The Balaban J connectivity index is 2.18. The molecule has 2 rings (SSSR count). The van der Waals surface area contributed by atoms with Gasteiger partial charge in [-0.25, -0.2) is 9.37 Å². The van der Waals surface area contributed by atoms with Crippen LogP contribution in [0.15, 0.2) is 18.3 Å². The zero-order valence-corrected chi connectivity index (χ0v) is 6.57. The number of anilines is 1. The van der Waals surface area contributed by atoms with Gasteiger partial charge in [-0.15, -0.1) is 0 Å². The van der Waals surface area contributed by atoms with Gasteiger partial charge in [-0.05, 0) is 12.1 Å². The van der Waals surface area contributed by atoms with Gasteiger partial charge in [0.15, 0.2) is 11.6 Å². The highest BCUT2D eigenvalue weighted by Crippen LogP contribution is 2.19. The number of nitrogens with two attached hydrogens (primary N) is 1. The third-order valence-corrected chi connectivity index (χ3v) is 1.95. The second kappa shape index (κ2) is 2.71. The van der Waals surface area contributed by atoms with E-state index in [1.165, 1.54) is 6.07 Å². The summed E-state index contributed by atoms with van der Waals surface area (Å²) in [5.41, 5.74) is 5.56. The maximum Gasteiger partial charge on any atom is 0.165 e. The van der Waals surface area contributed by atoms with Crippen LogP contribution in [0.1, 0.15) is 0 Å². The van der Waals surface area contributed by atoms with Crippen molar-refractivity contribution in [2.75, 3.05) is 18.0 Å². The van der Waals surface area contributed by atoms with Gasteiger partial charge in [0.2, 0.25) is 0 Å². The Hall–Kier alpha value is -1.16. The molecular weight excluding hydrogens is 157 g/mol. The number of pyridine rings is 1. The summed E-state index contributed by atoms with van der Waals surface area (Å²) in [5, 5.41) is 0. The van der Waals surface area contributed by atoms with Crippen molar-refractivity contribution >= 4 is 5.82 Å². The van der Waals surface area contributed by atoms with E-state index in [9.17, 15) is 4.39 Å². The molecular formula is C8H10FN3. The summed E-state index contributed by atoms with van der Waals surface area (Å²) in [5.74, 6) is 0.142. The van der Waals surface area contributed by atoms with E-state index >= 15 is 0 Å². The fraction of sp³-hybridized carbons (Fsp3) is 0.375. The minimum Gasteiger partial charge on any atom is -0.351 e. The van der Waals surface area contributed by atoms with E-state index in [0.29, 0.717) is 18.9 Å². The van der Waals surface area contributed by atoms with Crippen LogP contribution in [-0.2, 0) is 0 Å². The number of aromatic nitrogens is 1. The van der Waals surface area contributed by atoms with Crippen molar-refractivity contribution in [2.45, 2.75) is 6.04 Å². The van der Waals surface area contributed by atoms with Gasteiger partial charge in [0.1, 0.15) is 0 Å². The summed E-state index contributed by atoms with van der Waals surface area (Å²) in [4.78, 5) is 5.76. The van der Waals surface area contributed by atoms with Crippen molar-refractivity contribution in [2.24, 2.45) is 5.73 Å². The lowest BCUT2D eigenvalue weighted by molar-refractivity contribution is 0.498. The van der Waals surface area contributed by atoms with Crippen LogP contribution in [0, 0.1) is 5.82 Å². The van der Waals surface area contributed by atoms with Crippen LogP contribution in [0.5, 0.6) is 0 Å². The molecule has 2 heterocycles. The van der Waals surface area contributed by atoms with Crippen molar-refractivity contribution in [3.63, 3.8) is 0 Å². The first kappa shape index (κ1) is 7.49. The zero-order valence-electron chi connectivity index (χ0n) is 6.57. The predicted octanol–water partition coefficient (Wildman–Crippen LogP) is 0.368. The Morgan fingerprint density at radius 2 is 2.33 bits per heavy atom. The van der Waals surface area contributed by atoms with E-state index in [4.69, 9.17) is 5.73 Å². The molecule has 0 saturated carbocycles. The van der Waals surface area contributed by atoms with Crippen LogP contribution in [0.4, 0.5) is 10.2 Å². The molecule has 2 N–H and O–H groups in total. The maximum absolute atomic E-state index is 13.0. The summed E-state index contributed by atoms with van der Waals surface area (Å²) < 4.78 is 13.0.